The van der Waals surface area contributed by atoms with Gasteiger partial charge in [0.15, 0.2) is 0 Å². The first kappa shape index (κ1) is 12.4. The third kappa shape index (κ3) is 2.61. The predicted octanol–water partition coefficient (Wildman–Crippen LogP) is 1.75. The first-order valence-electron chi connectivity index (χ1n) is 6.23. The normalized spacial score (nSPS) is 10.6. The highest BCUT2D eigenvalue weighted by Gasteiger charge is 2.11. The number of rotatable bonds is 5. The molecule has 2 rings (SSSR count). The van der Waals surface area contributed by atoms with Crippen LogP contribution >= 0.6 is 0 Å². The number of anilines is 2. The Morgan fingerprint density at radius 1 is 1.17 bits per heavy atom. The highest BCUT2D eigenvalue weighted by molar-refractivity contribution is 5.35. The van der Waals surface area contributed by atoms with Gasteiger partial charge in [-0.3, -0.25) is 0 Å². The quantitative estimate of drug-likeness (QED) is 0.872. The van der Waals surface area contributed by atoms with Crippen molar-refractivity contribution in [2.24, 2.45) is 0 Å². The molecule has 18 heavy (non-hydrogen) atoms. The van der Waals surface area contributed by atoms with Crippen molar-refractivity contribution in [1.82, 2.24) is 14.8 Å². The fourth-order valence-corrected chi connectivity index (χ4v) is 1.85. The van der Waals surface area contributed by atoms with Crippen molar-refractivity contribution < 1.29 is 0 Å². The van der Waals surface area contributed by atoms with E-state index in [9.17, 15) is 0 Å². The average molecular weight is 245 g/mol. The summed E-state index contributed by atoms with van der Waals surface area (Å²) in [6.07, 6.45) is 0. The summed E-state index contributed by atoms with van der Waals surface area (Å²) in [7, 11) is 0. The summed E-state index contributed by atoms with van der Waals surface area (Å²) < 4.78 is 1.74. The SMILES string of the molecule is CCN(CC)c1nc(N)n(Cc2ccccc2)n1. The van der Waals surface area contributed by atoms with Gasteiger partial charge in [0.1, 0.15) is 0 Å². The molecule has 0 bridgehead atoms. The molecule has 5 heteroatoms. The van der Waals surface area contributed by atoms with Crippen LogP contribution < -0.4 is 10.6 Å². The Balaban J connectivity index is 2.19. The largest absolute Gasteiger partial charge is 0.368 e. The Kier molecular flexibility index (Phi) is 3.82. The molecule has 0 saturated carbocycles. The van der Waals surface area contributed by atoms with E-state index in [1.165, 1.54) is 5.56 Å². The van der Waals surface area contributed by atoms with E-state index >= 15 is 0 Å². The number of hydrogen-bond donors (Lipinski definition) is 1. The third-order valence-electron chi connectivity index (χ3n) is 2.91. The first-order chi connectivity index (χ1) is 8.74. The molecule has 1 aromatic heterocycles. The predicted molar refractivity (Wildman–Crippen MR) is 73.5 cm³/mol. The summed E-state index contributed by atoms with van der Waals surface area (Å²) in [4.78, 5) is 6.39. The molecule has 2 aromatic rings. The Morgan fingerprint density at radius 2 is 1.83 bits per heavy atom. The van der Waals surface area contributed by atoms with Crippen LogP contribution in [0.15, 0.2) is 30.3 Å². The lowest BCUT2D eigenvalue weighted by Crippen LogP contribution is -2.23. The standard InChI is InChI=1S/C13H19N5/c1-3-17(4-2)13-15-12(14)18(16-13)10-11-8-6-5-7-9-11/h5-9H,3-4,10H2,1-2H3,(H2,14,15,16). The molecule has 5 nitrogen and oxygen atoms in total. The average Bonchev–Trinajstić information content (AvgIpc) is 2.74. The van der Waals surface area contributed by atoms with Gasteiger partial charge in [-0.15, -0.1) is 5.10 Å². The second kappa shape index (κ2) is 5.53. The monoisotopic (exact) mass is 245 g/mol. The maximum atomic E-state index is 5.90. The maximum absolute atomic E-state index is 5.90. The van der Waals surface area contributed by atoms with Crippen LogP contribution in [0.5, 0.6) is 0 Å². The highest BCUT2D eigenvalue weighted by atomic mass is 15.4. The van der Waals surface area contributed by atoms with Gasteiger partial charge < -0.3 is 10.6 Å². The summed E-state index contributed by atoms with van der Waals surface area (Å²) in [6, 6.07) is 10.1. The summed E-state index contributed by atoms with van der Waals surface area (Å²) in [5, 5.41) is 4.45. The zero-order chi connectivity index (χ0) is 13.0. The number of benzene rings is 1. The lowest BCUT2D eigenvalue weighted by atomic mass is 10.2. The molecule has 0 amide bonds. The van der Waals surface area contributed by atoms with Crippen molar-refractivity contribution in [2.75, 3.05) is 23.7 Å². The van der Waals surface area contributed by atoms with Crippen molar-refractivity contribution in [1.29, 1.82) is 0 Å². The smallest absolute Gasteiger partial charge is 0.246 e. The Labute approximate surface area is 107 Å². The van der Waals surface area contributed by atoms with Crippen LogP contribution in [0.25, 0.3) is 0 Å². The van der Waals surface area contributed by atoms with Gasteiger partial charge >= 0.3 is 0 Å². The van der Waals surface area contributed by atoms with Gasteiger partial charge in [-0.25, -0.2) is 4.68 Å². The van der Waals surface area contributed by atoms with Crippen LogP contribution in [-0.2, 0) is 6.54 Å². The van der Waals surface area contributed by atoms with E-state index in [-0.39, 0.29) is 0 Å². The van der Waals surface area contributed by atoms with Gasteiger partial charge in [0.05, 0.1) is 6.54 Å². The molecule has 1 aromatic carbocycles. The van der Waals surface area contributed by atoms with Gasteiger partial charge in [-0.2, -0.15) is 4.98 Å². The van der Waals surface area contributed by atoms with Gasteiger partial charge in [0.25, 0.3) is 0 Å². The van der Waals surface area contributed by atoms with Crippen molar-refractivity contribution in [3.63, 3.8) is 0 Å². The molecule has 0 aliphatic heterocycles. The van der Waals surface area contributed by atoms with Crippen LogP contribution in [0.1, 0.15) is 19.4 Å². The van der Waals surface area contributed by atoms with Crippen LogP contribution in [0.3, 0.4) is 0 Å². The van der Waals surface area contributed by atoms with E-state index in [0.717, 1.165) is 13.1 Å². The molecular formula is C13H19N5. The Hall–Kier alpha value is -2.04. The molecule has 0 saturated heterocycles. The zero-order valence-electron chi connectivity index (χ0n) is 10.9. The van der Waals surface area contributed by atoms with Gasteiger partial charge in [-0.05, 0) is 19.4 Å². The van der Waals surface area contributed by atoms with E-state index < -0.39 is 0 Å². The second-order valence-electron chi connectivity index (χ2n) is 4.09. The lowest BCUT2D eigenvalue weighted by Gasteiger charge is -2.15. The highest BCUT2D eigenvalue weighted by Crippen LogP contribution is 2.12. The summed E-state index contributed by atoms with van der Waals surface area (Å²) in [6.45, 7) is 6.58. The van der Waals surface area contributed by atoms with Crippen LogP contribution in [-0.4, -0.2) is 27.9 Å². The zero-order valence-corrected chi connectivity index (χ0v) is 10.9. The minimum absolute atomic E-state index is 0.459. The van der Waals surface area contributed by atoms with Crippen LogP contribution in [0.4, 0.5) is 11.9 Å². The summed E-state index contributed by atoms with van der Waals surface area (Å²) in [5.74, 6) is 1.16. The Bertz CT molecular complexity index is 487. The van der Waals surface area contributed by atoms with E-state index in [1.807, 2.05) is 18.2 Å². The fourth-order valence-electron chi connectivity index (χ4n) is 1.85. The lowest BCUT2D eigenvalue weighted by molar-refractivity contribution is 0.686. The molecular weight excluding hydrogens is 226 g/mol. The van der Waals surface area contributed by atoms with E-state index in [0.29, 0.717) is 18.4 Å². The molecule has 0 atom stereocenters. The topological polar surface area (TPSA) is 60.0 Å². The second-order valence-corrected chi connectivity index (χ2v) is 4.09. The molecule has 0 radical (unpaired) electrons. The minimum atomic E-state index is 0.459. The number of aromatic nitrogens is 3. The van der Waals surface area contributed by atoms with Gasteiger partial charge in [0, 0.05) is 13.1 Å². The van der Waals surface area contributed by atoms with Crippen molar-refractivity contribution in [3.8, 4) is 0 Å². The number of nitrogens with two attached hydrogens (primary N) is 1. The summed E-state index contributed by atoms with van der Waals surface area (Å²) >= 11 is 0. The maximum Gasteiger partial charge on any atom is 0.246 e. The Morgan fingerprint density at radius 3 is 2.44 bits per heavy atom. The van der Waals surface area contributed by atoms with Crippen molar-refractivity contribution >= 4 is 11.9 Å². The van der Waals surface area contributed by atoms with Crippen LogP contribution in [0, 0.1) is 0 Å². The molecule has 0 unspecified atom stereocenters. The fraction of sp³-hybridized carbons (Fsp3) is 0.385. The number of nitrogen functional groups attached to an aromatic ring is 1. The van der Waals surface area contributed by atoms with Crippen LogP contribution in [0.2, 0.25) is 0 Å². The molecule has 0 fully saturated rings. The molecule has 1 heterocycles. The van der Waals surface area contributed by atoms with Gasteiger partial charge in [-0.1, -0.05) is 30.3 Å². The number of nitrogens with zero attached hydrogens (tertiary/aromatic N) is 4. The third-order valence-corrected chi connectivity index (χ3v) is 2.91. The molecule has 2 N–H and O–H groups in total. The van der Waals surface area contributed by atoms with Crippen molar-refractivity contribution in [3.05, 3.63) is 35.9 Å². The van der Waals surface area contributed by atoms with Crippen molar-refractivity contribution in [2.45, 2.75) is 20.4 Å². The molecule has 96 valence electrons. The summed E-state index contributed by atoms with van der Waals surface area (Å²) in [5.41, 5.74) is 7.07. The molecule has 0 aliphatic rings. The first-order valence-corrected chi connectivity index (χ1v) is 6.23. The van der Waals surface area contributed by atoms with E-state index in [1.54, 1.807) is 4.68 Å². The number of hydrogen-bond acceptors (Lipinski definition) is 4. The van der Waals surface area contributed by atoms with E-state index in [2.05, 4.69) is 41.0 Å². The van der Waals surface area contributed by atoms with E-state index in [4.69, 9.17) is 5.73 Å². The molecule has 0 aliphatic carbocycles. The minimum Gasteiger partial charge on any atom is -0.368 e. The van der Waals surface area contributed by atoms with Gasteiger partial charge in [0.2, 0.25) is 11.9 Å². The molecule has 0 spiro atoms.